The Morgan fingerprint density at radius 1 is 1.23 bits per heavy atom. The molecule has 0 amide bonds. The van der Waals surface area contributed by atoms with Crippen molar-refractivity contribution in [1.29, 1.82) is 0 Å². The lowest BCUT2D eigenvalue weighted by Crippen LogP contribution is -1.95. The van der Waals surface area contributed by atoms with E-state index in [0.29, 0.717) is 0 Å². The molecule has 3 aromatic rings. The summed E-state index contributed by atoms with van der Waals surface area (Å²) in [5.41, 5.74) is 2.56. The first-order valence-corrected chi connectivity index (χ1v) is 6.67. The number of ether oxygens (including phenoxy) is 1. The number of rotatable bonds is 3. The van der Waals surface area contributed by atoms with Gasteiger partial charge < -0.3 is 4.74 Å². The Kier molecular flexibility index (Phi) is 3.70. The van der Waals surface area contributed by atoms with Crippen molar-refractivity contribution in [3.63, 3.8) is 0 Å². The van der Waals surface area contributed by atoms with E-state index in [1.54, 1.807) is 29.1 Å². The van der Waals surface area contributed by atoms with E-state index < -0.39 is 5.97 Å². The number of carbonyl (C=O) groups is 1. The summed E-state index contributed by atoms with van der Waals surface area (Å²) in [6, 6.07) is 11.8. The molecule has 22 heavy (non-hydrogen) atoms. The van der Waals surface area contributed by atoms with Crippen molar-refractivity contribution in [2.45, 2.75) is 0 Å². The molecule has 0 spiro atoms. The van der Waals surface area contributed by atoms with Gasteiger partial charge in [0.25, 0.3) is 0 Å². The summed E-state index contributed by atoms with van der Waals surface area (Å²) < 4.78 is 19.3. The summed E-state index contributed by atoms with van der Waals surface area (Å²) in [5.74, 6) is -0.683. The molecule has 0 radical (unpaired) electrons. The molecule has 0 aliphatic heterocycles. The van der Waals surface area contributed by atoms with Crippen LogP contribution < -0.4 is 0 Å². The highest BCUT2D eigenvalue weighted by atomic mass is 19.1. The van der Waals surface area contributed by atoms with Crippen molar-refractivity contribution >= 4 is 22.9 Å². The first-order valence-electron chi connectivity index (χ1n) is 6.67. The third-order valence-corrected chi connectivity index (χ3v) is 3.28. The molecule has 0 aliphatic rings. The van der Waals surface area contributed by atoms with Crippen LogP contribution in [0.1, 0.15) is 5.56 Å². The molecule has 0 fully saturated rings. The molecule has 0 N–H and O–H groups in total. The zero-order chi connectivity index (χ0) is 15.5. The highest BCUT2D eigenvalue weighted by Crippen LogP contribution is 2.20. The van der Waals surface area contributed by atoms with E-state index in [4.69, 9.17) is 0 Å². The van der Waals surface area contributed by atoms with Crippen molar-refractivity contribution in [3.05, 3.63) is 66.1 Å². The van der Waals surface area contributed by atoms with Crippen LogP contribution >= 0.6 is 0 Å². The molecule has 0 bridgehead atoms. The molecule has 0 aliphatic carbocycles. The van der Waals surface area contributed by atoms with Crippen LogP contribution in [0.3, 0.4) is 0 Å². The predicted molar refractivity (Wildman–Crippen MR) is 82.1 cm³/mol. The highest BCUT2D eigenvalue weighted by molar-refractivity contribution is 5.89. The van der Waals surface area contributed by atoms with Crippen molar-refractivity contribution in [2.75, 3.05) is 7.11 Å². The van der Waals surface area contributed by atoms with E-state index in [1.807, 2.05) is 18.2 Å². The Morgan fingerprint density at radius 2 is 2.00 bits per heavy atom. The van der Waals surface area contributed by atoms with Crippen LogP contribution in [-0.4, -0.2) is 22.9 Å². The van der Waals surface area contributed by atoms with Crippen LogP contribution in [0.5, 0.6) is 0 Å². The normalized spacial score (nSPS) is 11.2. The second-order valence-corrected chi connectivity index (χ2v) is 4.71. The number of carbonyl (C=O) groups excluding carboxylic acids is 1. The molecular weight excluding hydrogens is 283 g/mol. The fraction of sp³-hybridized carbons (Fsp3) is 0.0588. The molecule has 0 saturated carbocycles. The number of hydrogen-bond acceptors (Lipinski definition) is 3. The maximum Gasteiger partial charge on any atom is 0.330 e. The number of aromatic nitrogens is 2. The number of halogens is 1. The van der Waals surface area contributed by atoms with Gasteiger partial charge in [0.1, 0.15) is 5.82 Å². The number of fused-ring (bicyclic) bond motifs is 1. The smallest absolute Gasteiger partial charge is 0.330 e. The van der Waals surface area contributed by atoms with Crippen LogP contribution in [0.4, 0.5) is 4.39 Å². The minimum atomic E-state index is -0.401. The van der Waals surface area contributed by atoms with Crippen LogP contribution in [0.25, 0.3) is 22.7 Å². The second-order valence-electron chi connectivity index (χ2n) is 4.71. The van der Waals surface area contributed by atoms with Gasteiger partial charge in [-0.15, -0.1) is 0 Å². The number of esters is 1. The van der Waals surface area contributed by atoms with E-state index in [1.165, 1.54) is 25.3 Å². The van der Waals surface area contributed by atoms with Gasteiger partial charge in [-0.1, -0.05) is 6.07 Å². The largest absolute Gasteiger partial charge is 0.466 e. The summed E-state index contributed by atoms with van der Waals surface area (Å²) in [7, 11) is 1.34. The zero-order valence-electron chi connectivity index (χ0n) is 11.9. The molecule has 1 heterocycles. The van der Waals surface area contributed by atoms with Gasteiger partial charge >= 0.3 is 5.97 Å². The van der Waals surface area contributed by atoms with Crippen molar-refractivity contribution in [1.82, 2.24) is 9.78 Å². The highest BCUT2D eigenvalue weighted by Gasteiger charge is 2.05. The number of benzene rings is 2. The van der Waals surface area contributed by atoms with Crippen LogP contribution in [0.15, 0.2) is 54.7 Å². The molecule has 4 nitrogen and oxygen atoms in total. The average molecular weight is 296 g/mol. The van der Waals surface area contributed by atoms with E-state index in [2.05, 4.69) is 9.84 Å². The van der Waals surface area contributed by atoms with Gasteiger partial charge in [-0.25, -0.2) is 13.9 Å². The molecular formula is C17H13FN2O2. The van der Waals surface area contributed by atoms with Gasteiger partial charge in [0, 0.05) is 11.5 Å². The molecule has 0 atom stereocenters. The fourth-order valence-corrected chi connectivity index (χ4v) is 2.18. The summed E-state index contributed by atoms with van der Waals surface area (Å²) in [4.78, 5) is 11.1. The van der Waals surface area contributed by atoms with Gasteiger partial charge in [0.05, 0.1) is 24.5 Å². The van der Waals surface area contributed by atoms with Crippen molar-refractivity contribution in [2.24, 2.45) is 0 Å². The maximum absolute atomic E-state index is 13.0. The van der Waals surface area contributed by atoms with E-state index >= 15 is 0 Å². The standard InChI is InChI=1S/C17H13FN2O2/c1-22-17(21)9-3-12-2-8-16-13(10-12)11-19-20(16)15-6-4-14(18)5-7-15/h2-11H,1H3/b9-3+. The lowest BCUT2D eigenvalue weighted by molar-refractivity contribution is -0.134. The lowest BCUT2D eigenvalue weighted by Gasteiger charge is -2.03. The monoisotopic (exact) mass is 296 g/mol. The Bertz CT molecular complexity index is 851. The summed E-state index contributed by atoms with van der Waals surface area (Å²) in [5, 5.41) is 5.25. The number of nitrogens with zero attached hydrogens (tertiary/aromatic N) is 2. The number of hydrogen-bond donors (Lipinski definition) is 0. The lowest BCUT2D eigenvalue weighted by atomic mass is 10.1. The Labute approximate surface area is 126 Å². The Morgan fingerprint density at radius 3 is 2.73 bits per heavy atom. The molecule has 110 valence electrons. The van der Waals surface area contributed by atoms with Gasteiger partial charge in [0.2, 0.25) is 0 Å². The first kappa shape index (κ1) is 14.0. The van der Waals surface area contributed by atoms with E-state index in [-0.39, 0.29) is 5.82 Å². The second kappa shape index (κ2) is 5.81. The van der Waals surface area contributed by atoms with Gasteiger partial charge in [0.15, 0.2) is 0 Å². The zero-order valence-corrected chi connectivity index (χ0v) is 11.9. The fourth-order valence-electron chi connectivity index (χ4n) is 2.18. The number of methoxy groups -OCH3 is 1. The maximum atomic E-state index is 13.0. The Hall–Kier alpha value is -2.95. The topological polar surface area (TPSA) is 44.1 Å². The van der Waals surface area contributed by atoms with Crippen molar-refractivity contribution in [3.8, 4) is 5.69 Å². The molecule has 2 aromatic carbocycles. The van der Waals surface area contributed by atoms with Crippen LogP contribution in [0.2, 0.25) is 0 Å². The predicted octanol–water partition coefficient (Wildman–Crippen LogP) is 3.35. The minimum Gasteiger partial charge on any atom is -0.466 e. The van der Waals surface area contributed by atoms with E-state index in [9.17, 15) is 9.18 Å². The van der Waals surface area contributed by atoms with Gasteiger partial charge in [-0.3, -0.25) is 0 Å². The van der Waals surface area contributed by atoms with Crippen LogP contribution in [-0.2, 0) is 9.53 Å². The third kappa shape index (κ3) is 2.74. The molecule has 0 saturated heterocycles. The SMILES string of the molecule is COC(=O)/C=C/c1ccc2c(cnn2-c2ccc(F)cc2)c1. The molecule has 1 aromatic heterocycles. The van der Waals surface area contributed by atoms with Crippen molar-refractivity contribution < 1.29 is 13.9 Å². The summed E-state index contributed by atoms with van der Waals surface area (Å²) >= 11 is 0. The molecule has 3 rings (SSSR count). The van der Waals surface area contributed by atoms with Crippen LogP contribution in [0, 0.1) is 5.82 Å². The average Bonchev–Trinajstić information content (AvgIpc) is 2.96. The molecule has 0 unspecified atom stereocenters. The molecule has 5 heteroatoms. The van der Waals surface area contributed by atoms with Gasteiger partial charge in [-0.2, -0.15) is 5.10 Å². The van der Waals surface area contributed by atoms with Gasteiger partial charge in [-0.05, 0) is 48.0 Å². The first-order chi connectivity index (χ1) is 10.7. The quantitative estimate of drug-likeness (QED) is 0.550. The summed E-state index contributed by atoms with van der Waals surface area (Å²) in [6.07, 6.45) is 4.78. The minimum absolute atomic E-state index is 0.282. The third-order valence-electron chi connectivity index (χ3n) is 3.28. The van der Waals surface area contributed by atoms with E-state index in [0.717, 1.165) is 22.2 Å². The Balaban J connectivity index is 1.97. The summed E-state index contributed by atoms with van der Waals surface area (Å²) in [6.45, 7) is 0.